The fourth-order valence-corrected chi connectivity index (χ4v) is 3.81. The molecule has 1 heterocycles. The van der Waals surface area contributed by atoms with E-state index in [2.05, 4.69) is 15.6 Å². The number of carbonyl (C=O) groups is 2. The number of aromatic amines is 1. The van der Waals surface area contributed by atoms with E-state index in [1.165, 1.54) is 13.2 Å². The summed E-state index contributed by atoms with van der Waals surface area (Å²) in [5.74, 6) is -0.0321. The van der Waals surface area contributed by atoms with Gasteiger partial charge < -0.3 is 25.1 Å². The normalized spacial score (nSPS) is 11.0. The molecule has 8 heteroatoms. The van der Waals surface area contributed by atoms with Crippen molar-refractivity contribution in [3.05, 3.63) is 95.7 Å². The first-order valence-corrected chi connectivity index (χ1v) is 11.7. The third kappa shape index (κ3) is 6.55. The van der Waals surface area contributed by atoms with Gasteiger partial charge in [-0.2, -0.15) is 5.26 Å². The Balaban J connectivity index is 1.35. The fraction of sp³-hybridized carbons (Fsp3) is 0.138. The summed E-state index contributed by atoms with van der Waals surface area (Å²) in [6.07, 6.45) is 4.04. The van der Waals surface area contributed by atoms with Crippen LogP contribution < -0.4 is 20.1 Å². The molecule has 0 aliphatic rings. The maximum atomic E-state index is 12.6. The average molecular weight is 495 g/mol. The number of amides is 2. The minimum Gasteiger partial charge on any atom is -0.493 e. The number of nitriles is 1. The summed E-state index contributed by atoms with van der Waals surface area (Å²) in [6, 6.07) is 23.9. The van der Waals surface area contributed by atoms with Crippen molar-refractivity contribution in [2.24, 2.45) is 0 Å². The predicted molar refractivity (Wildman–Crippen MR) is 142 cm³/mol. The Morgan fingerprint density at radius 2 is 1.81 bits per heavy atom. The number of fused-ring (bicyclic) bond motifs is 1. The number of hydrogen-bond acceptors (Lipinski definition) is 5. The van der Waals surface area contributed by atoms with E-state index in [0.29, 0.717) is 35.7 Å². The number of methoxy groups -OCH3 is 1. The SMILES string of the molecule is COc1cc(C=C(C#N)C(=O)NCCc2c[nH]c3ccccc23)ccc1OCC(=O)Nc1ccccc1. The van der Waals surface area contributed by atoms with Gasteiger partial charge in [0, 0.05) is 29.3 Å². The van der Waals surface area contributed by atoms with Crippen molar-refractivity contribution in [2.75, 3.05) is 25.6 Å². The van der Waals surface area contributed by atoms with Crippen molar-refractivity contribution in [2.45, 2.75) is 6.42 Å². The summed E-state index contributed by atoms with van der Waals surface area (Å²) < 4.78 is 11.0. The van der Waals surface area contributed by atoms with Gasteiger partial charge in [-0.25, -0.2) is 0 Å². The summed E-state index contributed by atoms with van der Waals surface area (Å²) >= 11 is 0. The Bertz CT molecular complexity index is 1470. The molecule has 0 aliphatic heterocycles. The number of aromatic nitrogens is 1. The van der Waals surface area contributed by atoms with E-state index >= 15 is 0 Å². The number of ether oxygens (including phenoxy) is 2. The second-order valence-electron chi connectivity index (χ2n) is 8.15. The molecule has 4 aromatic rings. The van der Waals surface area contributed by atoms with Crippen LogP contribution in [0.25, 0.3) is 17.0 Å². The molecule has 37 heavy (non-hydrogen) atoms. The molecule has 0 radical (unpaired) electrons. The van der Waals surface area contributed by atoms with E-state index in [0.717, 1.165) is 16.5 Å². The number of anilines is 1. The Morgan fingerprint density at radius 3 is 2.59 bits per heavy atom. The molecule has 3 aromatic carbocycles. The number of carbonyl (C=O) groups excluding carboxylic acids is 2. The lowest BCUT2D eigenvalue weighted by atomic mass is 10.1. The van der Waals surface area contributed by atoms with Gasteiger partial charge >= 0.3 is 0 Å². The van der Waals surface area contributed by atoms with Gasteiger partial charge in [0.25, 0.3) is 11.8 Å². The smallest absolute Gasteiger partial charge is 0.262 e. The lowest BCUT2D eigenvalue weighted by Crippen LogP contribution is -2.26. The maximum absolute atomic E-state index is 12.6. The van der Waals surface area contributed by atoms with E-state index in [1.54, 1.807) is 30.3 Å². The van der Waals surface area contributed by atoms with Crippen LogP contribution >= 0.6 is 0 Å². The Morgan fingerprint density at radius 1 is 1.03 bits per heavy atom. The van der Waals surface area contributed by atoms with Crippen LogP contribution in [-0.2, 0) is 16.0 Å². The summed E-state index contributed by atoms with van der Waals surface area (Å²) in [4.78, 5) is 28.0. The van der Waals surface area contributed by atoms with Crippen LogP contribution in [0.4, 0.5) is 5.69 Å². The first-order chi connectivity index (χ1) is 18.1. The second kappa shape index (κ2) is 12.1. The zero-order valence-corrected chi connectivity index (χ0v) is 20.3. The van der Waals surface area contributed by atoms with E-state index < -0.39 is 5.91 Å². The quantitative estimate of drug-likeness (QED) is 0.222. The van der Waals surface area contributed by atoms with Gasteiger partial charge in [-0.1, -0.05) is 42.5 Å². The summed E-state index contributed by atoms with van der Waals surface area (Å²) in [7, 11) is 1.47. The van der Waals surface area contributed by atoms with Gasteiger partial charge in [0.15, 0.2) is 18.1 Å². The van der Waals surface area contributed by atoms with Crippen molar-refractivity contribution < 1.29 is 19.1 Å². The van der Waals surface area contributed by atoms with E-state index in [-0.39, 0.29) is 18.1 Å². The molecule has 0 atom stereocenters. The van der Waals surface area contributed by atoms with Gasteiger partial charge in [-0.3, -0.25) is 9.59 Å². The van der Waals surface area contributed by atoms with Gasteiger partial charge in [-0.05, 0) is 54.0 Å². The highest BCUT2D eigenvalue weighted by Crippen LogP contribution is 2.29. The zero-order valence-electron chi connectivity index (χ0n) is 20.3. The molecular weight excluding hydrogens is 468 g/mol. The monoisotopic (exact) mass is 494 g/mol. The number of rotatable bonds is 10. The van der Waals surface area contributed by atoms with Crippen LogP contribution in [0.1, 0.15) is 11.1 Å². The van der Waals surface area contributed by atoms with Gasteiger partial charge in [0.05, 0.1) is 7.11 Å². The van der Waals surface area contributed by atoms with Crippen LogP contribution in [0.5, 0.6) is 11.5 Å². The number of nitrogens with zero attached hydrogens (tertiary/aromatic N) is 1. The minimum atomic E-state index is -0.459. The van der Waals surface area contributed by atoms with Gasteiger partial charge in [0.1, 0.15) is 11.6 Å². The first-order valence-electron chi connectivity index (χ1n) is 11.7. The topological polar surface area (TPSA) is 116 Å². The van der Waals surface area contributed by atoms with Crippen molar-refractivity contribution >= 4 is 34.5 Å². The van der Waals surface area contributed by atoms with Crippen LogP contribution in [0, 0.1) is 11.3 Å². The largest absolute Gasteiger partial charge is 0.493 e. The van der Waals surface area contributed by atoms with Crippen molar-refractivity contribution in [1.29, 1.82) is 5.26 Å². The molecule has 1 aromatic heterocycles. The number of para-hydroxylation sites is 2. The van der Waals surface area contributed by atoms with Crippen LogP contribution in [0.3, 0.4) is 0 Å². The lowest BCUT2D eigenvalue weighted by molar-refractivity contribution is -0.118. The van der Waals surface area contributed by atoms with Crippen molar-refractivity contribution in [1.82, 2.24) is 10.3 Å². The lowest BCUT2D eigenvalue weighted by Gasteiger charge is -2.12. The number of nitrogens with one attached hydrogen (secondary N) is 3. The van der Waals surface area contributed by atoms with Crippen LogP contribution in [0.2, 0.25) is 0 Å². The molecule has 0 bridgehead atoms. The Labute approximate surface area is 214 Å². The van der Waals surface area contributed by atoms with Gasteiger partial charge in [-0.15, -0.1) is 0 Å². The number of hydrogen-bond donors (Lipinski definition) is 3. The molecule has 0 fully saturated rings. The van der Waals surface area contributed by atoms with Crippen molar-refractivity contribution in [3.63, 3.8) is 0 Å². The van der Waals surface area contributed by atoms with Crippen LogP contribution in [0.15, 0.2) is 84.6 Å². The van der Waals surface area contributed by atoms with Crippen LogP contribution in [-0.4, -0.2) is 37.1 Å². The third-order valence-corrected chi connectivity index (χ3v) is 5.63. The number of benzene rings is 3. The molecule has 0 aliphatic carbocycles. The Hall–Kier alpha value is -5.03. The zero-order chi connectivity index (χ0) is 26.0. The van der Waals surface area contributed by atoms with Gasteiger partial charge in [0.2, 0.25) is 0 Å². The molecule has 0 unspecified atom stereocenters. The molecule has 0 saturated heterocycles. The standard InChI is InChI=1S/C29H26N4O4/c1-36-27-16-20(11-12-26(27)37-19-28(34)33-23-7-3-2-4-8-23)15-22(17-30)29(35)31-14-13-21-18-32-25-10-6-5-9-24(21)25/h2-12,15-16,18,32H,13-14,19H2,1H3,(H,31,35)(H,33,34). The average Bonchev–Trinajstić information content (AvgIpc) is 3.34. The summed E-state index contributed by atoms with van der Waals surface area (Å²) in [6.45, 7) is 0.184. The van der Waals surface area contributed by atoms with E-state index in [9.17, 15) is 14.9 Å². The Kier molecular flexibility index (Phi) is 8.19. The number of H-pyrrole nitrogens is 1. The van der Waals surface area contributed by atoms with E-state index in [4.69, 9.17) is 9.47 Å². The highest BCUT2D eigenvalue weighted by Gasteiger charge is 2.12. The molecular formula is C29H26N4O4. The highest BCUT2D eigenvalue weighted by molar-refractivity contribution is 6.01. The minimum absolute atomic E-state index is 0.0307. The molecule has 3 N–H and O–H groups in total. The molecule has 8 nitrogen and oxygen atoms in total. The predicted octanol–water partition coefficient (Wildman–Crippen LogP) is 4.46. The molecule has 0 spiro atoms. The summed E-state index contributed by atoms with van der Waals surface area (Å²) in [5.41, 5.74) is 3.36. The molecule has 186 valence electrons. The summed E-state index contributed by atoms with van der Waals surface area (Å²) in [5, 5.41) is 16.2. The molecule has 0 saturated carbocycles. The third-order valence-electron chi connectivity index (χ3n) is 5.63. The molecule has 2 amide bonds. The second-order valence-corrected chi connectivity index (χ2v) is 8.15. The van der Waals surface area contributed by atoms with Crippen molar-refractivity contribution in [3.8, 4) is 17.6 Å². The first kappa shape index (κ1) is 25.1. The highest BCUT2D eigenvalue weighted by atomic mass is 16.5. The maximum Gasteiger partial charge on any atom is 0.262 e. The molecule has 4 rings (SSSR count). The van der Waals surface area contributed by atoms with E-state index in [1.807, 2.05) is 54.7 Å². The fourth-order valence-electron chi connectivity index (χ4n) is 3.81.